The number of aliphatic hydroxyl groups excluding tert-OH is 1. The second kappa shape index (κ2) is 7.97. The highest BCUT2D eigenvalue weighted by molar-refractivity contribution is 5.93. The summed E-state index contributed by atoms with van der Waals surface area (Å²) in [4.78, 5) is 21.8. The monoisotopic (exact) mass is 359 g/mol. The van der Waals surface area contributed by atoms with Crippen LogP contribution in [0.1, 0.15) is 13.8 Å². The highest BCUT2D eigenvalue weighted by Crippen LogP contribution is 2.31. The molecule has 8 nitrogen and oxygen atoms in total. The molecule has 0 saturated heterocycles. The average molecular weight is 359 g/mol. The average Bonchev–Trinajstić information content (AvgIpc) is 2.56. The summed E-state index contributed by atoms with van der Waals surface area (Å²) < 4.78 is 18.4. The first kappa shape index (κ1) is 18.7. The smallest absolute Gasteiger partial charge is 0.275 e. The van der Waals surface area contributed by atoms with Gasteiger partial charge in [-0.2, -0.15) is 0 Å². The number of nitrogens with zero attached hydrogens (tertiary/aromatic N) is 3. The van der Waals surface area contributed by atoms with Gasteiger partial charge < -0.3 is 9.84 Å². The number of hydrogen-bond donors (Lipinski definition) is 1. The molecule has 2 aromatic carbocycles. The number of aliphatic hydroxyl groups is 1. The van der Waals surface area contributed by atoms with Crippen LogP contribution in [0.4, 0.5) is 15.8 Å². The molecule has 0 aliphatic rings. The van der Waals surface area contributed by atoms with Gasteiger partial charge in [-0.05, 0) is 31.2 Å². The predicted molar refractivity (Wildman–Crippen MR) is 90.1 cm³/mol. The van der Waals surface area contributed by atoms with Gasteiger partial charge in [0.1, 0.15) is 23.1 Å². The molecular weight excluding hydrogens is 345 g/mol. The molecule has 0 radical (unpaired) electrons. The van der Waals surface area contributed by atoms with Gasteiger partial charge in [0.2, 0.25) is 0 Å². The van der Waals surface area contributed by atoms with Crippen LogP contribution in [0.2, 0.25) is 0 Å². The molecule has 2 rings (SSSR count). The number of carbonyl (C=O) groups excluding carboxylic acids is 1. The van der Waals surface area contributed by atoms with E-state index in [0.717, 1.165) is 6.07 Å². The first-order chi connectivity index (χ1) is 12.3. The Hall–Kier alpha value is -3.62. The molecule has 0 spiro atoms. The molecule has 2 aromatic rings. The van der Waals surface area contributed by atoms with Gasteiger partial charge in [-0.15, -0.1) is 10.2 Å². The van der Waals surface area contributed by atoms with Crippen LogP contribution in [0.15, 0.2) is 64.1 Å². The molecule has 26 heavy (non-hydrogen) atoms. The van der Waals surface area contributed by atoms with Gasteiger partial charge in [-0.3, -0.25) is 14.9 Å². The molecule has 0 amide bonds. The highest BCUT2D eigenvalue weighted by Gasteiger charge is 2.13. The largest absolute Gasteiger partial charge is 0.510 e. The molecule has 0 fully saturated rings. The number of rotatable bonds is 6. The summed E-state index contributed by atoms with van der Waals surface area (Å²) in [5.74, 6) is -0.940. The van der Waals surface area contributed by atoms with Crippen molar-refractivity contribution >= 4 is 17.2 Å². The summed E-state index contributed by atoms with van der Waals surface area (Å²) in [6, 6.07) is 8.74. The number of azo groups is 1. The number of halogens is 1. The Kier molecular flexibility index (Phi) is 5.74. The van der Waals surface area contributed by atoms with E-state index in [1.54, 1.807) is 0 Å². The van der Waals surface area contributed by atoms with E-state index in [0.29, 0.717) is 0 Å². The van der Waals surface area contributed by atoms with E-state index in [1.807, 2.05) is 0 Å². The van der Waals surface area contributed by atoms with E-state index < -0.39 is 16.5 Å². The summed E-state index contributed by atoms with van der Waals surface area (Å²) >= 11 is 0. The van der Waals surface area contributed by atoms with Crippen molar-refractivity contribution in [2.75, 3.05) is 0 Å². The van der Waals surface area contributed by atoms with Gasteiger partial charge in [0.05, 0.1) is 16.7 Å². The van der Waals surface area contributed by atoms with Crippen molar-refractivity contribution < 1.29 is 24.0 Å². The topological polar surface area (TPSA) is 114 Å². The van der Waals surface area contributed by atoms with Gasteiger partial charge in [-0.25, -0.2) is 4.39 Å². The SMILES string of the molecule is CC(=O)C(N=Nc1cc(Oc2ccc(F)cc2)cc([N+](=O)[O-])c1)=C(C)O. The lowest BCUT2D eigenvalue weighted by molar-refractivity contribution is -0.384. The number of ether oxygens (including phenoxy) is 1. The van der Waals surface area contributed by atoms with E-state index in [1.165, 1.54) is 50.2 Å². The molecule has 0 heterocycles. The second-order valence-electron chi connectivity index (χ2n) is 5.19. The lowest BCUT2D eigenvalue weighted by Gasteiger charge is -2.06. The van der Waals surface area contributed by atoms with Crippen molar-refractivity contribution in [3.63, 3.8) is 0 Å². The van der Waals surface area contributed by atoms with E-state index in [4.69, 9.17) is 4.74 Å². The summed E-state index contributed by atoms with van der Waals surface area (Å²) in [6.07, 6.45) is 0. The first-order valence-electron chi connectivity index (χ1n) is 7.31. The van der Waals surface area contributed by atoms with Gasteiger partial charge in [0, 0.05) is 19.1 Å². The molecule has 0 aliphatic heterocycles. The number of Topliss-reactive ketones (excluding diaryl/α,β-unsaturated/α-hetero) is 1. The minimum absolute atomic E-state index is 0.0383. The van der Waals surface area contributed by atoms with Crippen molar-refractivity contribution in [2.24, 2.45) is 10.2 Å². The maximum atomic E-state index is 12.9. The number of non-ortho nitro benzene ring substituents is 1. The van der Waals surface area contributed by atoms with Crippen molar-refractivity contribution in [3.05, 3.63) is 69.9 Å². The lowest BCUT2D eigenvalue weighted by atomic mass is 10.2. The van der Waals surface area contributed by atoms with Crippen molar-refractivity contribution in [1.82, 2.24) is 0 Å². The van der Waals surface area contributed by atoms with Crippen LogP contribution in [-0.2, 0) is 4.79 Å². The fourth-order valence-electron chi connectivity index (χ4n) is 1.93. The Morgan fingerprint density at radius 1 is 1.15 bits per heavy atom. The molecule has 0 saturated carbocycles. The van der Waals surface area contributed by atoms with Crippen LogP contribution in [0.25, 0.3) is 0 Å². The molecular formula is C17H14FN3O5. The third kappa shape index (κ3) is 4.94. The molecule has 134 valence electrons. The minimum atomic E-state index is -0.643. The highest BCUT2D eigenvalue weighted by atomic mass is 19.1. The Morgan fingerprint density at radius 2 is 1.81 bits per heavy atom. The third-order valence-corrected chi connectivity index (χ3v) is 3.08. The normalized spacial score (nSPS) is 12.0. The summed E-state index contributed by atoms with van der Waals surface area (Å²) in [7, 11) is 0. The summed E-state index contributed by atoms with van der Waals surface area (Å²) in [5.41, 5.74) is -0.540. The molecule has 0 aromatic heterocycles. The molecule has 0 bridgehead atoms. The van der Waals surface area contributed by atoms with E-state index in [2.05, 4.69) is 10.2 Å². The van der Waals surface area contributed by atoms with E-state index in [-0.39, 0.29) is 34.3 Å². The molecule has 0 unspecified atom stereocenters. The van der Waals surface area contributed by atoms with Crippen LogP contribution in [0.3, 0.4) is 0 Å². The van der Waals surface area contributed by atoms with Crippen molar-refractivity contribution in [2.45, 2.75) is 13.8 Å². The number of allylic oxidation sites excluding steroid dienone is 2. The van der Waals surface area contributed by atoms with Crippen LogP contribution in [0, 0.1) is 15.9 Å². The third-order valence-electron chi connectivity index (χ3n) is 3.08. The maximum Gasteiger partial charge on any atom is 0.275 e. The van der Waals surface area contributed by atoms with Crippen molar-refractivity contribution in [1.29, 1.82) is 0 Å². The molecule has 0 aliphatic carbocycles. The number of nitro benzene ring substituents is 1. The Balaban J connectivity index is 2.39. The van der Waals surface area contributed by atoms with Crippen LogP contribution in [-0.4, -0.2) is 15.8 Å². The van der Waals surface area contributed by atoms with Gasteiger partial charge in [-0.1, -0.05) is 0 Å². The van der Waals surface area contributed by atoms with Crippen LogP contribution >= 0.6 is 0 Å². The zero-order chi connectivity index (χ0) is 19.3. The quantitative estimate of drug-likeness (QED) is 0.256. The lowest BCUT2D eigenvalue weighted by Crippen LogP contribution is -1.96. The standard InChI is InChI=1S/C17H14FN3O5/c1-10(22)17(11(2)23)20-19-13-7-14(21(24)25)9-16(8-13)26-15-5-3-12(18)4-6-15/h3-9,22H,1-2H3. The number of nitro groups is 1. The number of hydrogen-bond acceptors (Lipinski definition) is 7. The van der Waals surface area contributed by atoms with Crippen LogP contribution in [0.5, 0.6) is 11.5 Å². The fraction of sp³-hybridized carbons (Fsp3) is 0.118. The number of benzene rings is 2. The Bertz CT molecular complexity index is 903. The fourth-order valence-corrected chi connectivity index (χ4v) is 1.93. The van der Waals surface area contributed by atoms with E-state index >= 15 is 0 Å². The molecule has 1 N–H and O–H groups in total. The Morgan fingerprint density at radius 3 is 2.35 bits per heavy atom. The van der Waals surface area contributed by atoms with Crippen LogP contribution < -0.4 is 4.74 Å². The predicted octanol–water partition coefficient (Wildman–Crippen LogP) is 4.99. The number of carbonyl (C=O) groups is 1. The molecule has 9 heteroatoms. The van der Waals surface area contributed by atoms with E-state index in [9.17, 15) is 24.4 Å². The van der Waals surface area contributed by atoms with Gasteiger partial charge >= 0.3 is 0 Å². The molecule has 0 atom stereocenters. The minimum Gasteiger partial charge on any atom is -0.510 e. The van der Waals surface area contributed by atoms with Gasteiger partial charge in [0.15, 0.2) is 11.5 Å². The Labute approximate surface area is 147 Å². The maximum absolute atomic E-state index is 12.9. The second-order valence-corrected chi connectivity index (χ2v) is 5.19. The van der Waals surface area contributed by atoms with Crippen molar-refractivity contribution in [3.8, 4) is 11.5 Å². The zero-order valence-corrected chi connectivity index (χ0v) is 13.8. The van der Waals surface area contributed by atoms with Gasteiger partial charge in [0.25, 0.3) is 5.69 Å². The zero-order valence-electron chi connectivity index (χ0n) is 13.8. The first-order valence-corrected chi connectivity index (χ1v) is 7.31. The summed E-state index contributed by atoms with van der Waals surface area (Å²) in [6.45, 7) is 2.47. The number of ketones is 1. The summed E-state index contributed by atoms with van der Waals surface area (Å²) in [5, 5.41) is 27.9.